The average molecular weight is 493 g/mol. The Kier molecular flexibility index (Phi) is 9.06. The molecule has 0 bridgehead atoms. The van der Waals surface area contributed by atoms with Crippen molar-refractivity contribution < 1.29 is 28.3 Å². The van der Waals surface area contributed by atoms with Crippen molar-refractivity contribution in [3.05, 3.63) is 81.1 Å². The number of carbonyl (C=O) groups is 2. The average Bonchev–Trinajstić information content (AvgIpc) is 3.24. The van der Waals surface area contributed by atoms with E-state index in [2.05, 4.69) is 17.7 Å². The van der Waals surface area contributed by atoms with Crippen molar-refractivity contribution in [3.63, 3.8) is 0 Å². The number of ketones is 1. The van der Waals surface area contributed by atoms with Crippen molar-refractivity contribution in [1.82, 2.24) is 0 Å². The summed E-state index contributed by atoms with van der Waals surface area (Å²) in [6.07, 6.45) is 8.56. The highest BCUT2D eigenvalue weighted by Gasteiger charge is 2.22. The Bertz CT molecular complexity index is 1350. The van der Waals surface area contributed by atoms with Crippen LogP contribution in [0.5, 0.6) is 5.75 Å². The molecule has 0 fully saturated rings. The van der Waals surface area contributed by atoms with Crippen LogP contribution in [-0.2, 0) is 16.0 Å². The van der Waals surface area contributed by atoms with Gasteiger partial charge in [-0.15, -0.1) is 0 Å². The number of allylic oxidation sites excluding steroid dienone is 2. The summed E-state index contributed by atoms with van der Waals surface area (Å²) >= 11 is 0. The molecule has 0 aliphatic carbocycles. The van der Waals surface area contributed by atoms with Gasteiger partial charge in [-0.2, -0.15) is 0 Å². The zero-order chi connectivity index (χ0) is 26.2. The summed E-state index contributed by atoms with van der Waals surface area (Å²) in [6.45, 7) is 5.53. The lowest BCUT2D eigenvalue weighted by Gasteiger charge is -2.11. The van der Waals surface area contributed by atoms with Crippen LogP contribution in [0.4, 0.5) is 0 Å². The number of fused-ring (bicyclic) bond motifs is 1. The summed E-state index contributed by atoms with van der Waals surface area (Å²) in [5.74, 6) is -0.767. The van der Waals surface area contributed by atoms with Crippen molar-refractivity contribution in [1.29, 1.82) is 0 Å². The molecule has 0 spiro atoms. The van der Waals surface area contributed by atoms with E-state index in [1.807, 2.05) is 31.2 Å². The number of hydrogen-bond acceptors (Lipinski definition) is 7. The molecule has 2 aromatic heterocycles. The van der Waals surface area contributed by atoms with Gasteiger partial charge in [0.05, 0.1) is 13.5 Å². The Hall–Kier alpha value is -3.87. The van der Waals surface area contributed by atoms with E-state index in [-0.39, 0.29) is 29.6 Å². The molecule has 7 nitrogen and oxygen atoms in total. The fraction of sp³-hybridized carbons (Fsp3) is 0.345. The summed E-state index contributed by atoms with van der Waals surface area (Å²) in [5.41, 5.74) is 0.857. The van der Waals surface area contributed by atoms with Crippen molar-refractivity contribution >= 4 is 28.8 Å². The van der Waals surface area contributed by atoms with Crippen LogP contribution in [0.2, 0.25) is 0 Å². The predicted molar refractivity (Wildman–Crippen MR) is 138 cm³/mol. The maximum atomic E-state index is 13.0. The quantitative estimate of drug-likeness (QED) is 0.144. The van der Waals surface area contributed by atoms with Crippen LogP contribution < -0.4 is 5.63 Å². The maximum absolute atomic E-state index is 13.0. The van der Waals surface area contributed by atoms with Crippen LogP contribution in [-0.4, -0.2) is 24.0 Å². The first-order chi connectivity index (χ1) is 17.2. The van der Waals surface area contributed by atoms with Crippen LogP contribution in [0.1, 0.15) is 79.8 Å². The van der Waals surface area contributed by atoms with Gasteiger partial charge in [0.1, 0.15) is 28.4 Å². The number of hydrogen-bond donors (Lipinski definition) is 1. The number of rotatable bonds is 11. The number of benzene rings is 1. The van der Waals surface area contributed by atoms with Crippen LogP contribution in [0.3, 0.4) is 0 Å². The van der Waals surface area contributed by atoms with Gasteiger partial charge in [-0.1, -0.05) is 44.6 Å². The molecule has 1 unspecified atom stereocenters. The molecule has 1 aromatic carbocycles. The van der Waals surface area contributed by atoms with Crippen LogP contribution in [0.15, 0.2) is 61.7 Å². The molecular weight excluding hydrogens is 460 g/mol. The molecule has 190 valence electrons. The van der Waals surface area contributed by atoms with Gasteiger partial charge in [0, 0.05) is 22.9 Å². The van der Waals surface area contributed by atoms with Crippen molar-refractivity contribution in [2.45, 2.75) is 58.8 Å². The first-order valence-corrected chi connectivity index (χ1v) is 12.1. The summed E-state index contributed by atoms with van der Waals surface area (Å²) in [7, 11) is 1.33. The highest BCUT2D eigenvalue weighted by atomic mass is 16.5. The van der Waals surface area contributed by atoms with Gasteiger partial charge in [-0.25, -0.2) is 4.79 Å². The number of esters is 1. The summed E-state index contributed by atoms with van der Waals surface area (Å²) in [5, 5.41) is 11.4. The maximum Gasteiger partial charge on any atom is 0.351 e. The molecule has 3 aromatic rings. The molecule has 0 aliphatic heterocycles. The van der Waals surface area contributed by atoms with E-state index in [1.54, 1.807) is 19.1 Å². The number of aryl methyl sites for hydroxylation is 1. The van der Waals surface area contributed by atoms with E-state index in [0.29, 0.717) is 18.6 Å². The second-order valence-electron chi connectivity index (χ2n) is 8.85. The van der Waals surface area contributed by atoms with Gasteiger partial charge in [-0.3, -0.25) is 9.59 Å². The fourth-order valence-corrected chi connectivity index (χ4v) is 3.91. The van der Waals surface area contributed by atoms with Crippen molar-refractivity contribution in [2.75, 3.05) is 7.11 Å². The lowest BCUT2D eigenvalue weighted by atomic mass is 9.99. The molecule has 2 heterocycles. The zero-order valence-corrected chi connectivity index (χ0v) is 21.1. The zero-order valence-electron chi connectivity index (χ0n) is 21.1. The lowest BCUT2D eigenvalue weighted by Crippen LogP contribution is -2.16. The molecule has 0 aliphatic rings. The minimum atomic E-state index is -0.885. The molecule has 0 saturated carbocycles. The normalized spacial score (nSPS) is 12.8. The van der Waals surface area contributed by atoms with E-state index in [0.717, 1.165) is 23.8 Å². The molecule has 36 heavy (non-hydrogen) atoms. The van der Waals surface area contributed by atoms with Crippen LogP contribution in [0.25, 0.3) is 17.0 Å². The Morgan fingerprint density at radius 2 is 1.92 bits per heavy atom. The smallest absolute Gasteiger partial charge is 0.351 e. The van der Waals surface area contributed by atoms with E-state index >= 15 is 0 Å². The first-order valence-electron chi connectivity index (χ1n) is 12.1. The van der Waals surface area contributed by atoms with Gasteiger partial charge >= 0.3 is 11.6 Å². The molecule has 0 amide bonds. The largest absolute Gasteiger partial charge is 0.507 e. The molecule has 7 heteroatoms. The Balaban J connectivity index is 1.73. The minimum Gasteiger partial charge on any atom is -0.507 e. The van der Waals surface area contributed by atoms with Gasteiger partial charge in [0.2, 0.25) is 0 Å². The molecule has 3 rings (SSSR count). The van der Waals surface area contributed by atoms with Crippen LogP contribution >= 0.6 is 0 Å². The number of furan rings is 1. The van der Waals surface area contributed by atoms with Gasteiger partial charge in [0.25, 0.3) is 0 Å². The number of ether oxygens (including phenoxy) is 1. The van der Waals surface area contributed by atoms with E-state index in [4.69, 9.17) is 8.83 Å². The monoisotopic (exact) mass is 492 g/mol. The van der Waals surface area contributed by atoms with Gasteiger partial charge in [0.15, 0.2) is 5.78 Å². The summed E-state index contributed by atoms with van der Waals surface area (Å²) < 4.78 is 15.8. The summed E-state index contributed by atoms with van der Waals surface area (Å²) in [4.78, 5) is 36.7. The third-order valence-corrected chi connectivity index (χ3v) is 5.97. The van der Waals surface area contributed by atoms with Gasteiger partial charge < -0.3 is 18.7 Å². The predicted octanol–water partition coefficient (Wildman–Crippen LogP) is 6.33. The number of aromatic hydroxyl groups is 1. The molecule has 0 saturated heterocycles. The Morgan fingerprint density at radius 3 is 2.61 bits per heavy atom. The number of carbonyl (C=O) groups excluding carboxylic acids is 2. The van der Waals surface area contributed by atoms with E-state index < -0.39 is 22.7 Å². The SMILES string of the molecule is CCCc1ccc2cc(C=C(C)C(=O)c3c(O)cc(C(C)CCC=CCC(=O)OC)oc3=O)oc2c1. The minimum absolute atomic E-state index is 0.180. The Morgan fingerprint density at radius 1 is 1.14 bits per heavy atom. The molecule has 0 radical (unpaired) electrons. The second kappa shape index (κ2) is 12.2. The first kappa shape index (κ1) is 26.7. The standard InChI is InChI=1S/C29H32O7/c1-5-9-20-12-13-21-16-22(35-25(21)15-20)14-19(3)28(32)27-23(30)17-24(36-29(27)33)18(2)10-7-6-8-11-26(31)34-4/h6,8,12-18,30H,5,7,9-11H2,1-4H3. The molecule has 1 N–H and O–H groups in total. The van der Waals surface area contributed by atoms with Crippen LogP contribution in [0, 0.1) is 0 Å². The van der Waals surface area contributed by atoms with Crippen molar-refractivity contribution in [2.24, 2.45) is 0 Å². The molecular formula is C29H32O7. The number of Topliss-reactive ketones (excluding diaryl/α,β-unsaturated/α-hetero) is 1. The number of methoxy groups -OCH3 is 1. The van der Waals surface area contributed by atoms with E-state index in [1.165, 1.54) is 18.7 Å². The van der Waals surface area contributed by atoms with Crippen molar-refractivity contribution in [3.8, 4) is 5.75 Å². The highest BCUT2D eigenvalue weighted by Crippen LogP contribution is 2.27. The highest BCUT2D eigenvalue weighted by molar-refractivity contribution is 6.12. The second-order valence-corrected chi connectivity index (χ2v) is 8.85. The summed E-state index contributed by atoms with van der Waals surface area (Å²) in [6, 6.07) is 9.17. The molecule has 1 atom stereocenters. The van der Waals surface area contributed by atoms with E-state index in [9.17, 15) is 19.5 Å². The lowest BCUT2D eigenvalue weighted by molar-refractivity contribution is -0.139. The topological polar surface area (TPSA) is 107 Å². The fourth-order valence-electron chi connectivity index (χ4n) is 3.91. The van der Waals surface area contributed by atoms with Gasteiger partial charge in [-0.05, 0) is 50.0 Å². The third kappa shape index (κ3) is 6.62. The Labute approximate surface area is 210 Å². The third-order valence-electron chi connectivity index (χ3n) is 5.97.